The maximum atomic E-state index is 13.0. The van der Waals surface area contributed by atoms with Crippen molar-refractivity contribution in [2.75, 3.05) is 13.1 Å². The Balaban J connectivity index is 1.18. The van der Waals surface area contributed by atoms with Gasteiger partial charge in [-0.2, -0.15) is 4.98 Å². The molecule has 0 aliphatic carbocycles. The number of piperidine rings is 1. The summed E-state index contributed by atoms with van der Waals surface area (Å²) in [6, 6.07) is 15.3. The SMILES string of the molecule is O=C(NCc1ccccc1-n1ccnc1)C1CCCN(Cc2nc(-c3ccc(Cl)cc3)no2)C1. The Bertz CT molecular complexity index is 1240. The number of para-hydroxylation sites is 1. The van der Waals surface area contributed by atoms with E-state index in [4.69, 9.17) is 16.1 Å². The minimum atomic E-state index is -0.0761. The third-order valence-electron chi connectivity index (χ3n) is 6.03. The second-order valence-corrected chi connectivity index (χ2v) is 8.85. The second kappa shape index (κ2) is 10.2. The quantitative estimate of drug-likeness (QED) is 0.432. The number of hydrogen-bond acceptors (Lipinski definition) is 6. The second-order valence-electron chi connectivity index (χ2n) is 8.41. The van der Waals surface area contributed by atoms with Crippen molar-refractivity contribution in [1.29, 1.82) is 0 Å². The third kappa shape index (κ3) is 5.18. The molecule has 3 heterocycles. The molecule has 34 heavy (non-hydrogen) atoms. The summed E-state index contributed by atoms with van der Waals surface area (Å²) in [5.41, 5.74) is 2.91. The summed E-state index contributed by atoms with van der Waals surface area (Å²) in [4.78, 5) is 23.8. The number of imidazole rings is 1. The number of hydrogen-bond donors (Lipinski definition) is 1. The van der Waals surface area contributed by atoms with Gasteiger partial charge in [0.05, 0.1) is 24.5 Å². The molecule has 1 N–H and O–H groups in total. The fourth-order valence-electron chi connectivity index (χ4n) is 4.28. The molecule has 1 unspecified atom stereocenters. The van der Waals surface area contributed by atoms with Crippen LogP contribution < -0.4 is 5.32 Å². The number of halogens is 1. The molecule has 0 bridgehead atoms. The molecule has 1 amide bonds. The zero-order valence-corrected chi connectivity index (χ0v) is 19.4. The molecule has 1 saturated heterocycles. The fourth-order valence-corrected chi connectivity index (χ4v) is 4.41. The Morgan fingerprint density at radius 1 is 1.18 bits per heavy atom. The first-order valence-corrected chi connectivity index (χ1v) is 11.7. The third-order valence-corrected chi connectivity index (χ3v) is 6.28. The highest BCUT2D eigenvalue weighted by molar-refractivity contribution is 6.30. The molecule has 8 nitrogen and oxygen atoms in total. The highest BCUT2D eigenvalue weighted by Gasteiger charge is 2.27. The van der Waals surface area contributed by atoms with Crippen LogP contribution in [-0.2, 0) is 17.9 Å². The molecular formula is C25H25ClN6O2. The van der Waals surface area contributed by atoms with Crippen molar-refractivity contribution in [2.45, 2.75) is 25.9 Å². The summed E-state index contributed by atoms with van der Waals surface area (Å²) in [5, 5.41) is 7.87. The van der Waals surface area contributed by atoms with Crippen LogP contribution in [0.25, 0.3) is 17.1 Å². The molecule has 0 saturated carbocycles. The maximum absolute atomic E-state index is 13.0. The molecule has 174 valence electrons. The molecule has 2 aromatic carbocycles. The molecule has 9 heteroatoms. The van der Waals surface area contributed by atoms with E-state index in [1.165, 1.54) is 0 Å². The highest BCUT2D eigenvalue weighted by atomic mass is 35.5. The number of nitrogens with one attached hydrogen (secondary N) is 1. The molecule has 1 aliphatic heterocycles. The van der Waals surface area contributed by atoms with Gasteiger partial charge in [-0.15, -0.1) is 0 Å². The standard InChI is InChI=1S/C25H25ClN6O2/c26-21-9-7-18(8-10-21)24-29-23(34-30-24)16-31-12-3-5-20(15-31)25(33)28-14-19-4-1-2-6-22(19)32-13-11-27-17-32/h1-2,4,6-11,13,17,20H,3,5,12,14-16H2,(H,28,33). The molecule has 5 rings (SSSR count). The van der Waals surface area contributed by atoms with Crippen molar-refractivity contribution in [3.05, 3.63) is 83.7 Å². The summed E-state index contributed by atoms with van der Waals surface area (Å²) < 4.78 is 7.41. The average Bonchev–Trinajstić information content (AvgIpc) is 3.56. The van der Waals surface area contributed by atoms with Gasteiger partial charge in [-0.25, -0.2) is 4.98 Å². The number of nitrogens with zero attached hydrogens (tertiary/aromatic N) is 5. The van der Waals surface area contributed by atoms with Gasteiger partial charge in [-0.1, -0.05) is 35.0 Å². The van der Waals surface area contributed by atoms with E-state index in [-0.39, 0.29) is 11.8 Å². The first kappa shape index (κ1) is 22.3. The first-order chi connectivity index (χ1) is 16.7. The number of aromatic nitrogens is 4. The van der Waals surface area contributed by atoms with Crippen LogP contribution in [0.15, 0.2) is 71.8 Å². The van der Waals surface area contributed by atoms with Gasteiger partial charge in [0.25, 0.3) is 0 Å². The topological polar surface area (TPSA) is 89.1 Å². The van der Waals surface area contributed by atoms with Gasteiger partial charge in [0, 0.05) is 36.1 Å². The van der Waals surface area contributed by atoms with E-state index in [1.807, 2.05) is 47.2 Å². The molecule has 1 aliphatic rings. The predicted molar refractivity (Wildman–Crippen MR) is 128 cm³/mol. The van der Waals surface area contributed by atoms with Gasteiger partial charge < -0.3 is 14.4 Å². The van der Waals surface area contributed by atoms with Gasteiger partial charge in [-0.05, 0) is 55.3 Å². The van der Waals surface area contributed by atoms with Crippen LogP contribution in [-0.4, -0.2) is 43.6 Å². The van der Waals surface area contributed by atoms with Crippen LogP contribution in [0.2, 0.25) is 5.02 Å². The largest absolute Gasteiger partial charge is 0.352 e. The number of likely N-dealkylation sites (tertiary alicyclic amines) is 1. The number of carbonyl (C=O) groups is 1. The summed E-state index contributed by atoms with van der Waals surface area (Å²) >= 11 is 5.95. The molecule has 0 radical (unpaired) electrons. The molecule has 1 atom stereocenters. The Morgan fingerprint density at radius 2 is 2.03 bits per heavy atom. The lowest BCUT2D eigenvalue weighted by Crippen LogP contribution is -2.42. The average molecular weight is 477 g/mol. The van der Waals surface area contributed by atoms with E-state index in [0.29, 0.717) is 36.4 Å². The van der Waals surface area contributed by atoms with Crippen LogP contribution in [0, 0.1) is 5.92 Å². The smallest absolute Gasteiger partial charge is 0.241 e. The van der Waals surface area contributed by atoms with Crippen molar-refractivity contribution < 1.29 is 9.32 Å². The van der Waals surface area contributed by atoms with Gasteiger partial charge in [0.1, 0.15) is 0 Å². The number of rotatable bonds is 7. The van der Waals surface area contributed by atoms with E-state index >= 15 is 0 Å². The van der Waals surface area contributed by atoms with Crippen LogP contribution in [0.5, 0.6) is 0 Å². The summed E-state index contributed by atoms with van der Waals surface area (Å²) in [7, 11) is 0. The lowest BCUT2D eigenvalue weighted by atomic mass is 9.97. The normalized spacial score (nSPS) is 16.4. The first-order valence-electron chi connectivity index (χ1n) is 11.3. The van der Waals surface area contributed by atoms with E-state index < -0.39 is 0 Å². The van der Waals surface area contributed by atoms with Crippen molar-refractivity contribution in [1.82, 2.24) is 29.9 Å². The van der Waals surface area contributed by atoms with Gasteiger partial charge in [0.15, 0.2) is 0 Å². The van der Waals surface area contributed by atoms with Gasteiger partial charge in [0.2, 0.25) is 17.6 Å². The minimum Gasteiger partial charge on any atom is -0.352 e. The zero-order chi connectivity index (χ0) is 23.3. The molecule has 2 aromatic heterocycles. The van der Waals surface area contributed by atoms with Crippen LogP contribution >= 0.6 is 11.6 Å². The fraction of sp³-hybridized carbons (Fsp3) is 0.280. The lowest BCUT2D eigenvalue weighted by molar-refractivity contribution is -0.127. The van der Waals surface area contributed by atoms with E-state index in [1.54, 1.807) is 24.7 Å². The summed E-state index contributed by atoms with van der Waals surface area (Å²) in [6.07, 6.45) is 7.21. The van der Waals surface area contributed by atoms with Crippen LogP contribution in [0.1, 0.15) is 24.3 Å². The van der Waals surface area contributed by atoms with E-state index in [0.717, 1.165) is 36.2 Å². The van der Waals surface area contributed by atoms with Crippen molar-refractivity contribution in [2.24, 2.45) is 5.92 Å². The Kier molecular flexibility index (Phi) is 6.69. The Labute approximate surface area is 202 Å². The van der Waals surface area contributed by atoms with Crippen molar-refractivity contribution in [3.63, 3.8) is 0 Å². The number of amides is 1. The molecule has 1 fully saturated rings. The van der Waals surface area contributed by atoms with Crippen LogP contribution in [0.3, 0.4) is 0 Å². The summed E-state index contributed by atoms with van der Waals surface area (Å²) in [5.74, 6) is 1.07. The molecular weight excluding hydrogens is 452 g/mol. The van der Waals surface area contributed by atoms with Crippen LogP contribution in [0.4, 0.5) is 0 Å². The molecule has 0 spiro atoms. The van der Waals surface area contributed by atoms with E-state index in [9.17, 15) is 4.79 Å². The molecule has 4 aromatic rings. The van der Waals surface area contributed by atoms with E-state index in [2.05, 4.69) is 25.3 Å². The Hall–Kier alpha value is -3.49. The number of benzene rings is 2. The lowest BCUT2D eigenvalue weighted by Gasteiger charge is -2.30. The van der Waals surface area contributed by atoms with Crippen molar-refractivity contribution >= 4 is 17.5 Å². The van der Waals surface area contributed by atoms with Gasteiger partial charge >= 0.3 is 0 Å². The highest BCUT2D eigenvalue weighted by Crippen LogP contribution is 2.22. The predicted octanol–water partition coefficient (Wildman–Crippen LogP) is 4.10. The van der Waals surface area contributed by atoms with Crippen molar-refractivity contribution in [3.8, 4) is 17.1 Å². The maximum Gasteiger partial charge on any atom is 0.241 e. The monoisotopic (exact) mass is 476 g/mol. The number of carbonyl (C=O) groups excluding carboxylic acids is 1. The summed E-state index contributed by atoms with van der Waals surface area (Å²) in [6.45, 7) is 2.55. The Morgan fingerprint density at radius 3 is 2.85 bits per heavy atom. The zero-order valence-electron chi connectivity index (χ0n) is 18.6. The van der Waals surface area contributed by atoms with Gasteiger partial charge in [-0.3, -0.25) is 9.69 Å². The minimum absolute atomic E-state index is 0.0671.